The molecule has 1 aromatic rings. The summed E-state index contributed by atoms with van der Waals surface area (Å²) in [5, 5.41) is 8.86. The van der Waals surface area contributed by atoms with Crippen LogP contribution >= 0.6 is 11.6 Å². The molecule has 2 nitrogen and oxygen atoms in total. The van der Waals surface area contributed by atoms with Crippen molar-refractivity contribution in [1.82, 2.24) is 0 Å². The molecule has 1 rings (SSSR count). The van der Waals surface area contributed by atoms with Gasteiger partial charge in [-0.05, 0) is 32.4 Å². The van der Waals surface area contributed by atoms with Crippen LogP contribution in [0.4, 0.5) is 4.39 Å². The van der Waals surface area contributed by atoms with E-state index >= 15 is 0 Å². The van der Waals surface area contributed by atoms with Crippen LogP contribution in [0, 0.1) is 22.6 Å². The average molecular weight is 242 g/mol. The number of rotatable bonds is 4. The molecule has 0 spiro atoms. The average Bonchev–Trinajstić information content (AvgIpc) is 2.23. The van der Waals surface area contributed by atoms with E-state index in [1.165, 1.54) is 12.1 Å². The highest BCUT2D eigenvalue weighted by Crippen LogP contribution is 2.22. The molecule has 0 aliphatic heterocycles. The summed E-state index contributed by atoms with van der Waals surface area (Å²) < 4.78 is 18.4. The number of benzene rings is 1. The first kappa shape index (κ1) is 12.8. The first-order valence-electron chi connectivity index (χ1n) is 4.94. The Bertz CT molecular complexity index is 412. The summed E-state index contributed by atoms with van der Waals surface area (Å²) in [5.41, 5.74) is -0.426. The fraction of sp³-hybridized carbons (Fsp3) is 0.417. The van der Waals surface area contributed by atoms with E-state index in [1.807, 2.05) is 13.8 Å². The van der Waals surface area contributed by atoms with Gasteiger partial charge in [0.1, 0.15) is 11.6 Å². The van der Waals surface area contributed by atoms with Crippen LogP contribution in [0.5, 0.6) is 5.75 Å². The Labute approximate surface area is 99.6 Å². The molecule has 0 saturated carbocycles. The van der Waals surface area contributed by atoms with Gasteiger partial charge in [-0.2, -0.15) is 5.26 Å². The topological polar surface area (TPSA) is 33.0 Å². The Morgan fingerprint density at radius 2 is 2.19 bits per heavy atom. The molecule has 0 amide bonds. The third-order valence-electron chi connectivity index (χ3n) is 2.19. The molecule has 16 heavy (non-hydrogen) atoms. The van der Waals surface area contributed by atoms with E-state index in [1.54, 1.807) is 6.07 Å². The number of ether oxygens (including phenoxy) is 1. The fourth-order valence-electron chi connectivity index (χ4n) is 1.05. The van der Waals surface area contributed by atoms with Gasteiger partial charge >= 0.3 is 0 Å². The van der Waals surface area contributed by atoms with Gasteiger partial charge in [0, 0.05) is 6.07 Å². The molecule has 1 aromatic carbocycles. The third-order valence-corrected chi connectivity index (χ3v) is 2.50. The third kappa shape index (κ3) is 3.71. The van der Waals surface area contributed by atoms with Gasteiger partial charge in [-0.25, -0.2) is 4.39 Å². The zero-order valence-electron chi connectivity index (χ0n) is 9.26. The Balaban J connectivity index is 2.50. The Morgan fingerprint density at radius 3 is 2.75 bits per heavy atom. The minimum atomic E-state index is -0.501. The summed E-state index contributed by atoms with van der Waals surface area (Å²) in [4.78, 5) is 0. The summed E-state index contributed by atoms with van der Waals surface area (Å²) in [6.45, 7) is 4.04. The van der Waals surface area contributed by atoms with E-state index in [9.17, 15) is 4.39 Å². The van der Waals surface area contributed by atoms with Crippen LogP contribution in [0.1, 0.15) is 20.3 Å². The van der Waals surface area contributed by atoms with Crippen molar-refractivity contribution in [3.63, 3.8) is 0 Å². The lowest BCUT2D eigenvalue weighted by Crippen LogP contribution is -2.13. The summed E-state index contributed by atoms with van der Waals surface area (Å²) in [5.74, 6) is -0.0747. The molecule has 0 aliphatic carbocycles. The highest BCUT2D eigenvalue weighted by molar-refractivity contribution is 6.30. The molecule has 4 heteroatoms. The molecule has 0 N–H and O–H groups in total. The van der Waals surface area contributed by atoms with E-state index < -0.39 is 11.2 Å². The summed E-state index contributed by atoms with van der Waals surface area (Å²) >= 11 is 5.54. The van der Waals surface area contributed by atoms with Crippen molar-refractivity contribution < 1.29 is 9.13 Å². The predicted molar refractivity (Wildman–Crippen MR) is 60.9 cm³/mol. The minimum Gasteiger partial charge on any atom is -0.493 e. The second kappa shape index (κ2) is 5.18. The molecule has 86 valence electrons. The molecule has 0 aliphatic rings. The van der Waals surface area contributed by atoms with Gasteiger partial charge in [0.25, 0.3) is 0 Å². The molecule has 0 unspecified atom stereocenters. The molecule has 0 saturated heterocycles. The van der Waals surface area contributed by atoms with E-state index in [2.05, 4.69) is 6.07 Å². The number of halogens is 2. The van der Waals surface area contributed by atoms with Crippen LogP contribution in [0.2, 0.25) is 5.02 Å². The van der Waals surface area contributed by atoms with Crippen LogP contribution in [0.25, 0.3) is 0 Å². The molecular weight excluding hydrogens is 229 g/mol. The van der Waals surface area contributed by atoms with Crippen molar-refractivity contribution >= 4 is 11.6 Å². The number of hydrogen-bond donors (Lipinski definition) is 0. The maximum absolute atomic E-state index is 13.0. The van der Waals surface area contributed by atoms with Crippen LogP contribution in [0.3, 0.4) is 0 Å². The normalized spacial score (nSPS) is 10.9. The monoisotopic (exact) mass is 241 g/mol. The maximum Gasteiger partial charge on any atom is 0.145 e. The molecule has 0 aromatic heterocycles. The van der Waals surface area contributed by atoms with E-state index in [0.29, 0.717) is 18.8 Å². The van der Waals surface area contributed by atoms with Gasteiger partial charge in [0.15, 0.2) is 0 Å². The van der Waals surface area contributed by atoms with Crippen LogP contribution in [-0.4, -0.2) is 6.61 Å². The predicted octanol–water partition coefficient (Wildman–Crippen LogP) is 3.80. The summed E-state index contributed by atoms with van der Waals surface area (Å²) in [6, 6.07) is 6.46. The van der Waals surface area contributed by atoms with Crippen molar-refractivity contribution in [2.75, 3.05) is 6.61 Å². The van der Waals surface area contributed by atoms with E-state index in [0.717, 1.165) is 0 Å². The second-order valence-corrected chi connectivity index (χ2v) is 4.58. The number of hydrogen-bond acceptors (Lipinski definition) is 2. The Hall–Kier alpha value is -1.27. The van der Waals surface area contributed by atoms with Crippen LogP contribution in [-0.2, 0) is 0 Å². The zero-order valence-corrected chi connectivity index (χ0v) is 10.0. The lowest BCUT2D eigenvalue weighted by molar-refractivity contribution is 0.263. The molecule has 0 heterocycles. The van der Waals surface area contributed by atoms with Crippen molar-refractivity contribution in [2.45, 2.75) is 20.3 Å². The first-order chi connectivity index (χ1) is 7.44. The lowest BCUT2D eigenvalue weighted by atomic mass is 9.92. The summed E-state index contributed by atoms with van der Waals surface area (Å²) in [6.07, 6.45) is 0.591. The maximum atomic E-state index is 13.0. The second-order valence-electron chi connectivity index (χ2n) is 4.17. The molecule has 0 bridgehead atoms. The van der Waals surface area contributed by atoms with E-state index in [4.69, 9.17) is 21.6 Å². The van der Waals surface area contributed by atoms with Gasteiger partial charge in [0.2, 0.25) is 0 Å². The van der Waals surface area contributed by atoms with Crippen LogP contribution in [0.15, 0.2) is 18.2 Å². The van der Waals surface area contributed by atoms with Crippen LogP contribution < -0.4 is 4.74 Å². The minimum absolute atomic E-state index is 0.0738. The van der Waals surface area contributed by atoms with Gasteiger partial charge in [-0.3, -0.25) is 0 Å². The number of nitriles is 1. The highest BCUT2D eigenvalue weighted by Gasteiger charge is 2.16. The van der Waals surface area contributed by atoms with E-state index in [-0.39, 0.29) is 5.02 Å². The standard InChI is InChI=1S/C12H13ClFNO/c1-12(2,8-15)5-6-16-9-3-4-10(13)11(14)7-9/h3-4,7H,5-6H2,1-2H3. The van der Waals surface area contributed by atoms with Gasteiger partial charge < -0.3 is 4.74 Å². The van der Waals surface area contributed by atoms with Crippen molar-refractivity contribution in [2.24, 2.45) is 5.41 Å². The Morgan fingerprint density at radius 1 is 1.50 bits per heavy atom. The highest BCUT2D eigenvalue weighted by atomic mass is 35.5. The van der Waals surface area contributed by atoms with Crippen molar-refractivity contribution in [3.05, 3.63) is 29.0 Å². The zero-order chi connectivity index (χ0) is 12.2. The van der Waals surface area contributed by atoms with Crippen molar-refractivity contribution in [1.29, 1.82) is 5.26 Å². The molecule has 0 fully saturated rings. The lowest BCUT2D eigenvalue weighted by Gasteiger charge is -2.15. The fourth-order valence-corrected chi connectivity index (χ4v) is 1.16. The number of nitrogens with zero attached hydrogens (tertiary/aromatic N) is 1. The van der Waals surface area contributed by atoms with Crippen molar-refractivity contribution in [3.8, 4) is 11.8 Å². The van der Waals surface area contributed by atoms with Gasteiger partial charge in [-0.1, -0.05) is 11.6 Å². The largest absolute Gasteiger partial charge is 0.493 e. The quantitative estimate of drug-likeness (QED) is 0.803. The molecular formula is C12H13ClFNO. The Kier molecular flexibility index (Phi) is 4.14. The van der Waals surface area contributed by atoms with Gasteiger partial charge in [0.05, 0.1) is 23.1 Å². The molecule has 0 radical (unpaired) electrons. The first-order valence-corrected chi connectivity index (χ1v) is 5.31. The molecule has 0 atom stereocenters. The smallest absolute Gasteiger partial charge is 0.145 e. The van der Waals surface area contributed by atoms with Gasteiger partial charge in [-0.15, -0.1) is 0 Å². The summed E-state index contributed by atoms with van der Waals surface area (Å²) in [7, 11) is 0. The SMILES string of the molecule is CC(C)(C#N)CCOc1ccc(Cl)c(F)c1.